The molecular weight excluding hydrogens is 410 g/mol. The summed E-state index contributed by atoms with van der Waals surface area (Å²) < 4.78 is 58.0. The molecule has 174 valence electrons. The van der Waals surface area contributed by atoms with Crippen LogP contribution in [0.15, 0.2) is 24.3 Å². The van der Waals surface area contributed by atoms with E-state index in [2.05, 4.69) is 0 Å². The highest BCUT2D eigenvalue weighted by atomic mass is 19.4. The lowest BCUT2D eigenvalue weighted by molar-refractivity contribution is -0.220. The normalized spacial score (nSPS) is 20.6. The van der Waals surface area contributed by atoms with E-state index >= 15 is 0 Å². The maximum atomic E-state index is 13.6. The first-order valence-corrected chi connectivity index (χ1v) is 10.4. The maximum Gasteiger partial charge on any atom is 0.494 e. The Labute approximate surface area is 182 Å². The predicted molar refractivity (Wildman–Crippen MR) is 114 cm³/mol. The SMILES string of the molecule is CC(C)OC(=O)[C@@](N)(CC(C)(C)C(F)(F)F)c1ccc(B2OC(C)(C)C(C)(C)O2)cc1. The Bertz CT molecular complexity index is 790. The number of benzene rings is 1. The van der Waals surface area contributed by atoms with Crippen LogP contribution in [-0.2, 0) is 24.4 Å². The van der Waals surface area contributed by atoms with E-state index in [0.717, 1.165) is 13.8 Å². The fourth-order valence-electron chi connectivity index (χ4n) is 3.33. The third-order valence-corrected chi connectivity index (χ3v) is 6.15. The summed E-state index contributed by atoms with van der Waals surface area (Å²) in [6.07, 6.45) is -5.73. The number of carbonyl (C=O) groups is 1. The van der Waals surface area contributed by atoms with Gasteiger partial charge in [-0.25, -0.2) is 4.79 Å². The van der Waals surface area contributed by atoms with Crippen LogP contribution in [0.1, 0.15) is 67.4 Å². The fraction of sp³-hybridized carbons (Fsp3) is 0.682. The van der Waals surface area contributed by atoms with Gasteiger partial charge in [-0.15, -0.1) is 0 Å². The largest absolute Gasteiger partial charge is 0.494 e. The Morgan fingerprint density at radius 2 is 1.52 bits per heavy atom. The van der Waals surface area contributed by atoms with Gasteiger partial charge in [0, 0.05) is 0 Å². The van der Waals surface area contributed by atoms with Crippen LogP contribution in [0.4, 0.5) is 13.2 Å². The molecule has 1 aromatic rings. The smallest absolute Gasteiger partial charge is 0.461 e. The van der Waals surface area contributed by atoms with Gasteiger partial charge < -0.3 is 19.8 Å². The van der Waals surface area contributed by atoms with Crippen molar-refractivity contribution in [1.29, 1.82) is 0 Å². The van der Waals surface area contributed by atoms with Gasteiger partial charge in [-0.1, -0.05) is 38.1 Å². The van der Waals surface area contributed by atoms with Crippen molar-refractivity contribution in [2.75, 3.05) is 0 Å². The zero-order valence-corrected chi connectivity index (χ0v) is 19.5. The number of hydrogen-bond acceptors (Lipinski definition) is 5. The molecule has 0 amide bonds. The number of esters is 1. The van der Waals surface area contributed by atoms with Gasteiger partial charge in [0.15, 0.2) is 0 Å². The molecular formula is C22H33BF3NO4. The molecule has 0 spiro atoms. The van der Waals surface area contributed by atoms with Crippen LogP contribution in [0.2, 0.25) is 0 Å². The standard InChI is InChI=1S/C22H33BF3NO4/c1-14(2)29-17(28)21(27,13-18(3,4)22(24,25)26)15-9-11-16(12-10-15)23-30-19(5,6)20(7,8)31-23/h9-12,14H,13,27H2,1-8H3/t21-/m1/s1. The molecule has 1 aliphatic heterocycles. The predicted octanol–water partition coefficient (Wildman–Crippen LogP) is 4.07. The first kappa shape index (κ1) is 25.7. The van der Waals surface area contributed by atoms with Crippen molar-refractivity contribution in [3.05, 3.63) is 29.8 Å². The number of ether oxygens (including phenoxy) is 1. The summed E-state index contributed by atoms with van der Waals surface area (Å²) in [7, 11) is -0.638. The number of alkyl halides is 3. The van der Waals surface area contributed by atoms with E-state index in [4.69, 9.17) is 19.8 Å². The van der Waals surface area contributed by atoms with Crippen LogP contribution in [0.25, 0.3) is 0 Å². The van der Waals surface area contributed by atoms with E-state index in [-0.39, 0.29) is 5.56 Å². The number of nitrogens with two attached hydrogens (primary N) is 1. The van der Waals surface area contributed by atoms with Crippen molar-refractivity contribution in [2.45, 2.75) is 90.8 Å². The lowest BCUT2D eigenvalue weighted by Crippen LogP contribution is -2.52. The minimum absolute atomic E-state index is 0.232. The maximum absolute atomic E-state index is 13.6. The molecule has 0 radical (unpaired) electrons. The van der Waals surface area contributed by atoms with E-state index < -0.39 is 53.9 Å². The van der Waals surface area contributed by atoms with Crippen molar-refractivity contribution < 1.29 is 32.0 Å². The zero-order chi connectivity index (χ0) is 24.0. The zero-order valence-electron chi connectivity index (χ0n) is 19.5. The highest BCUT2D eigenvalue weighted by Gasteiger charge is 2.55. The molecule has 1 aliphatic rings. The van der Waals surface area contributed by atoms with E-state index in [0.29, 0.717) is 5.46 Å². The Hall–Kier alpha value is -1.58. The molecule has 0 unspecified atom stereocenters. The average molecular weight is 443 g/mol. The molecule has 0 bridgehead atoms. The second-order valence-electron chi connectivity index (χ2n) is 10.2. The first-order valence-electron chi connectivity index (χ1n) is 10.4. The highest BCUT2D eigenvalue weighted by Crippen LogP contribution is 2.45. The fourth-order valence-corrected chi connectivity index (χ4v) is 3.33. The summed E-state index contributed by atoms with van der Waals surface area (Å²) in [4.78, 5) is 12.8. The van der Waals surface area contributed by atoms with Gasteiger partial charge in [0.1, 0.15) is 5.54 Å². The Morgan fingerprint density at radius 3 is 1.90 bits per heavy atom. The number of carbonyl (C=O) groups excluding carboxylic acids is 1. The molecule has 1 heterocycles. The van der Waals surface area contributed by atoms with Gasteiger partial charge in [0.2, 0.25) is 0 Å². The summed E-state index contributed by atoms with van der Waals surface area (Å²) in [5.41, 5.74) is 2.00. The van der Waals surface area contributed by atoms with Gasteiger partial charge >= 0.3 is 19.3 Å². The molecule has 0 aromatic heterocycles. The van der Waals surface area contributed by atoms with Crippen molar-refractivity contribution in [1.82, 2.24) is 0 Å². The van der Waals surface area contributed by atoms with Crippen LogP contribution >= 0.6 is 0 Å². The molecule has 1 atom stereocenters. The molecule has 2 rings (SSSR count). The molecule has 1 aromatic carbocycles. The van der Waals surface area contributed by atoms with Gasteiger partial charge in [-0.3, -0.25) is 0 Å². The van der Waals surface area contributed by atoms with Crippen molar-refractivity contribution in [3.8, 4) is 0 Å². The molecule has 0 aliphatic carbocycles. The van der Waals surface area contributed by atoms with Crippen LogP contribution in [-0.4, -0.2) is 36.6 Å². The Kier molecular flexibility index (Phi) is 6.70. The third kappa shape index (κ3) is 5.09. The highest BCUT2D eigenvalue weighted by molar-refractivity contribution is 6.62. The monoisotopic (exact) mass is 443 g/mol. The summed E-state index contributed by atoms with van der Waals surface area (Å²) in [5.74, 6) is -0.900. The van der Waals surface area contributed by atoms with Gasteiger partial charge in [-0.2, -0.15) is 13.2 Å². The average Bonchev–Trinajstić information content (AvgIpc) is 2.80. The molecule has 1 saturated heterocycles. The molecule has 0 saturated carbocycles. The van der Waals surface area contributed by atoms with Gasteiger partial charge in [-0.05, 0) is 59.0 Å². The summed E-state index contributed by atoms with van der Waals surface area (Å²) in [6, 6.07) is 6.38. The Balaban J connectivity index is 2.40. The molecule has 5 nitrogen and oxygen atoms in total. The number of halogens is 3. The topological polar surface area (TPSA) is 70.8 Å². The van der Waals surface area contributed by atoms with Gasteiger partial charge in [0.25, 0.3) is 0 Å². The second kappa shape index (κ2) is 8.08. The lowest BCUT2D eigenvalue weighted by Gasteiger charge is -2.37. The van der Waals surface area contributed by atoms with E-state index in [1.54, 1.807) is 26.0 Å². The molecule has 2 N–H and O–H groups in total. The summed E-state index contributed by atoms with van der Waals surface area (Å²) >= 11 is 0. The number of hydrogen-bond donors (Lipinski definition) is 1. The molecule has 1 fully saturated rings. The van der Waals surface area contributed by atoms with E-state index in [1.807, 2.05) is 27.7 Å². The van der Waals surface area contributed by atoms with Gasteiger partial charge in [0.05, 0.1) is 22.7 Å². The van der Waals surface area contributed by atoms with E-state index in [9.17, 15) is 18.0 Å². The minimum Gasteiger partial charge on any atom is -0.461 e. The van der Waals surface area contributed by atoms with Crippen LogP contribution in [0, 0.1) is 5.41 Å². The van der Waals surface area contributed by atoms with Crippen LogP contribution in [0.5, 0.6) is 0 Å². The van der Waals surface area contributed by atoms with Crippen molar-refractivity contribution in [2.24, 2.45) is 11.1 Å². The molecule has 31 heavy (non-hydrogen) atoms. The van der Waals surface area contributed by atoms with E-state index in [1.165, 1.54) is 12.1 Å². The van der Waals surface area contributed by atoms with Crippen LogP contribution < -0.4 is 11.2 Å². The summed E-state index contributed by atoms with van der Waals surface area (Å²) in [6.45, 7) is 13.0. The van der Waals surface area contributed by atoms with Crippen molar-refractivity contribution >= 4 is 18.6 Å². The lowest BCUT2D eigenvalue weighted by atomic mass is 9.73. The minimum atomic E-state index is -4.54. The third-order valence-electron chi connectivity index (χ3n) is 6.15. The quantitative estimate of drug-likeness (QED) is 0.530. The Morgan fingerprint density at radius 1 is 1.06 bits per heavy atom. The van der Waals surface area contributed by atoms with Crippen molar-refractivity contribution in [3.63, 3.8) is 0 Å². The summed E-state index contributed by atoms with van der Waals surface area (Å²) in [5, 5.41) is 0. The first-order chi connectivity index (χ1) is 13.8. The van der Waals surface area contributed by atoms with Crippen LogP contribution in [0.3, 0.4) is 0 Å². The molecule has 9 heteroatoms. The number of rotatable bonds is 6. The second-order valence-corrected chi connectivity index (χ2v) is 10.2.